The second-order valence-electron chi connectivity index (χ2n) is 4.37. The second kappa shape index (κ2) is 3.84. The standard InChI is InChI=1S/C12H14N2O3/c1-7-6-10-9(4-5-11(15)13(10)3)12(8(7)2)14(16)17/h6H,4-5H2,1-3H3. The van der Waals surface area contributed by atoms with Gasteiger partial charge in [0.05, 0.1) is 16.2 Å². The summed E-state index contributed by atoms with van der Waals surface area (Å²) in [5, 5.41) is 11.1. The molecular formula is C12H14N2O3. The van der Waals surface area contributed by atoms with Gasteiger partial charge in [-0.1, -0.05) is 0 Å². The van der Waals surface area contributed by atoms with E-state index in [0.717, 1.165) is 5.56 Å². The van der Waals surface area contributed by atoms with E-state index in [-0.39, 0.29) is 16.5 Å². The first kappa shape index (κ1) is 11.6. The van der Waals surface area contributed by atoms with E-state index in [1.54, 1.807) is 14.0 Å². The van der Waals surface area contributed by atoms with Crippen LogP contribution in [0.4, 0.5) is 11.4 Å². The Bertz CT molecular complexity index is 523. The van der Waals surface area contributed by atoms with Crippen LogP contribution in [0.3, 0.4) is 0 Å². The van der Waals surface area contributed by atoms with Gasteiger partial charge in [-0.2, -0.15) is 0 Å². The number of hydrogen-bond donors (Lipinski definition) is 0. The number of benzene rings is 1. The second-order valence-corrected chi connectivity index (χ2v) is 4.37. The van der Waals surface area contributed by atoms with Crippen molar-refractivity contribution in [1.29, 1.82) is 0 Å². The van der Waals surface area contributed by atoms with Gasteiger partial charge in [-0.3, -0.25) is 14.9 Å². The van der Waals surface area contributed by atoms with Crippen LogP contribution in [0.1, 0.15) is 23.1 Å². The van der Waals surface area contributed by atoms with Crippen molar-refractivity contribution in [3.8, 4) is 0 Å². The van der Waals surface area contributed by atoms with Gasteiger partial charge in [-0.25, -0.2) is 0 Å². The summed E-state index contributed by atoms with van der Waals surface area (Å²) in [5.74, 6) is 0.00931. The first-order chi connectivity index (χ1) is 7.93. The van der Waals surface area contributed by atoms with Crippen LogP contribution in [0.15, 0.2) is 6.07 Å². The third-order valence-electron chi connectivity index (χ3n) is 3.40. The highest BCUT2D eigenvalue weighted by Gasteiger charge is 2.30. The summed E-state index contributed by atoms with van der Waals surface area (Å²) in [6.45, 7) is 3.58. The maximum absolute atomic E-state index is 11.6. The molecule has 1 aliphatic rings. The predicted molar refractivity (Wildman–Crippen MR) is 64.3 cm³/mol. The zero-order chi connectivity index (χ0) is 12.7. The highest BCUT2D eigenvalue weighted by Crippen LogP contribution is 2.37. The number of aryl methyl sites for hydroxylation is 1. The van der Waals surface area contributed by atoms with Crippen molar-refractivity contribution in [2.75, 3.05) is 11.9 Å². The number of fused-ring (bicyclic) bond motifs is 1. The SMILES string of the molecule is Cc1cc2c(c([N+](=O)[O-])c1C)CCC(=O)N2C. The molecule has 1 heterocycles. The van der Waals surface area contributed by atoms with Gasteiger partial charge < -0.3 is 4.90 Å². The van der Waals surface area contributed by atoms with Crippen molar-refractivity contribution < 1.29 is 9.72 Å². The van der Waals surface area contributed by atoms with Gasteiger partial charge in [0.25, 0.3) is 5.69 Å². The maximum Gasteiger partial charge on any atom is 0.277 e. The van der Waals surface area contributed by atoms with Crippen LogP contribution in [-0.4, -0.2) is 17.9 Å². The fourth-order valence-electron chi connectivity index (χ4n) is 2.26. The minimum atomic E-state index is -0.342. The lowest BCUT2D eigenvalue weighted by Gasteiger charge is -2.26. The maximum atomic E-state index is 11.6. The Morgan fingerprint density at radius 1 is 1.35 bits per heavy atom. The Labute approximate surface area is 99.2 Å². The normalized spacial score (nSPS) is 14.8. The molecule has 1 aromatic rings. The molecule has 0 radical (unpaired) electrons. The van der Waals surface area contributed by atoms with Crippen molar-refractivity contribution in [3.05, 3.63) is 32.9 Å². The van der Waals surface area contributed by atoms with Crippen molar-refractivity contribution >= 4 is 17.3 Å². The van der Waals surface area contributed by atoms with E-state index in [2.05, 4.69) is 0 Å². The number of rotatable bonds is 1. The zero-order valence-corrected chi connectivity index (χ0v) is 10.1. The number of amides is 1. The molecule has 0 saturated heterocycles. The molecule has 0 aromatic heterocycles. The number of anilines is 1. The molecule has 0 atom stereocenters. The van der Waals surface area contributed by atoms with Gasteiger partial charge in [-0.05, 0) is 31.9 Å². The first-order valence-electron chi connectivity index (χ1n) is 5.47. The lowest BCUT2D eigenvalue weighted by Crippen LogP contribution is -2.31. The van der Waals surface area contributed by atoms with Gasteiger partial charge in [0.2, 0.25) is 5.91 Å². The summed E-state index contributed by atoms with van der Waals surface area (Å²) in [5.41, 5.74) is 3.06. The molecule has 5 nitrogen and oxygen atoms in total. The Balaban J connectivity index is 2.74. The quantitative estimate of drug-likeness (QED) is 0.552. The molecule has 17 heavy (non-hydrogen) atoms. The van der Waals surface area contributed by atoms with Crippen molar-refractivity contribution in [1.82, 2.24) is 0 Å². The molecule has 0 N–H and O–H groups in total. The molecule has 0 aliphatic carbocycles. The number of nitrogens with zero attached hydrogens (tertiary/aromatic N) is 2. The molecule has 90 valence electrons. The fourth-order valence-corrected chi connectivity index (χ4v) is 2.26. The van der Waals surface area contributed by atoms with E-state index < -0.39 is 0 Å². The minimum absolute atomic E-state index is 0.00931. The molecule has 0 fully saturated rings. The smallest absolute Gasteiger partial charge is 0.277 e. The molecule has 0 bridgehead atoms. The van der Waals surface area contributed by atoms with Crippen molar-refractivity contribution in [2.45, 2.75) is 26.7 Å². The lowest BCUT2D eigenvalue weighted by molar-refractivity contribution is -0.386. The van der Waals surface area contributed by atoms with E-state index in [4.69, 9.17) is 0 Å². The van der Waals surface area contributed by atoms with Crippen LogP contribution in [0.2, 0.25) is 0 Å². The number of nitro groups is 1. The monoisotopic (exact) mass is 234 g/mol. The van der Waals surface area contributed by atoms with Crippen LogP contribution in [0, 0.1) is 24.0 Å². The van der Waals surface area contributed by atoms with Crippen molar-refractivity contribution in [3.63, 3.8) is 0 Å². The predicted octanol–water partition coefficient (Wildman–Crippen LogP) is 2.12. The Kier molecular flexibility index (Phi) is 2.61. The molecule has 5 heteroatoms. The molecule has 1 aliphatic heterocycles. The molecular weight excluding hydrogens is 220 g/mol. The van der Waals surface area contributed by atoms with Crippen LogP contribution in [-0.2, 0) is 11.2 Å². The summed E-state index contributed by atoms with van der Waals surface area (Å²) >= 11 is 0. The number of carbonyl (C=O) groups excluding carboxylic acids is 1. The fraction of sp³-hybridized carbons (Fsp3) is 0.417. The topological polar surface area (TPSA) is 63.5 Å². The molecule has 1 amide bonds. The zero-order valence-electron chi connectivity index (χ0n) is 10.1. The number of nitro benzene ring substituents is 1. The van der Waals surface area contributed by atoms with Crippen LogP contribution in [0.25, 0.3) is 0 Å². The Morgan fingerprint density at radius 2 is 2.00 bits per heavy atom. The molecule has 2 rings (SSSR count). The van der Waals surface area contributed by atoms with Crippen LogP contribution < -0.4 is 4.90 Å². The highest BCUT2D eigenvalue weighted by atomic mass is 16.6. The number of carbonyl (C=O) groups is 1. The highest BCUT2D eigenvalue weighted by molar-refractivity contribution is 5.97. The van der Waals surface area contributed by atoms with E-state index in [1.807, 2.05) is 13.0 Å². The molecule has 0 saturated carbocycles. The van der Waals surface area contributed by atoms with Gasteiger partial charge in [0.15, 0.2) is 0 Å². The number of hydrogen-bond acceptors (Lipinski definition) is 3. The third-order valence-corrected chi connectivity index (χ3v) is 3.40. The Morgan fingerprint density at radius 3 is 2.59 bits per heavy atom. The van der Waals surface area contributed by atoms with Crippen LogP contribution >= 0.6 is 0 Å². The lowest BCUT2D eigenvalue weighted by atomic mass is 9.94. The largest absolute Gasteiger partial charge is 0.315 e. The van der Waals surface area contributed by atoms with Gasteiger partial charge >= 0.3 is 0 Å². The minimum Gasteiger partial charge on any atom is -0.315 e. The average molecular weight is 234 g/mol. The van der Waals surface area contributed by atoms with Crippen molar-refractivity contribution in [2.24, 2.45) is 0 Å². The molecule has 0 spiro atoms. The summed E-state index contributed by atoms with van der Waals surface area (Å²) in [7, 11) is 1.67. The molecule has 0 unspecified atom stereocenters. The summed E-state index contributed by atoms with van der Waals surface area (Å²) in [4.78, 5) is 23.9. The molecule has 1 aromatic carbocycles. The average Bonchev–Trinajstić information content (AvgIpc) is 2.26. The van der Waals surface area contributed by atoms with E-state index >= 15 is 0 Å². The first-order valence-corrected chi connectivity index (χ1v) is 5.47. The van der Waals surface area contributed by atoms with Gasteiger partial charge in [-0.15, -0.1) is 0 Å². The van der Waals surface area contributed by atoms with Gasteiger partial charge in [0, 0.05) is 19.0 Å². The van der Waals surface area contributed by atoms with E-state index in [9.17, 15) is 14.9 Å². The van der Waals surface area contributed by atoms with Gasteiger partial charge in [0.1, 0.15) is 0 Å². The third kappa shape index (κ3) is 1.67. The summed E-state index contributed by atoms with van der Waals surface area (Å²) in [6, 6.07) is 1.86. The summed E-state index contributed by atoms with van der Waals surface area (Å²) in [6.07, 6.45) is 0.794. The summed E-state index contributed by atoms with van der Waals surface area (Å²) < 4.78 is 0. The van der Waals surface area contributed by atoms with Crippen LogP contribution in [0.5, 0.6) is 0 Å². The van der Waals surface area contributed by atoms with E-state index in [1.165, 1.54) is 4.90 Å². The Hall–Kier alpha value is -1.91. The van der Waals surface area contributed by atoms with E-state index in [0.29, 0.717) is 29.7 Å².